The van der Waals surface area contributed by atoms with Crippen LogP contribution < -0.4 is 10.6 Å². The first-order chi connectivity index (χ1) is 14.1. The highest BCUT2D eigenvalue weighted by Gasteiger charge is 1.97. The predicted octanol–water partition coefficient (Wildman–Crippen LogP) is 4.13. The fourth-order valence-electron chi connectivity index (χ4n) is 2.34. The van der Waals surface area contributed by atoms with E-state index in [9.17, 15) is 9.59 Å². The fraction of sp³-hybridized carbons (Fsp3) is 0.167. The second-order valence-corrected chi connectivity index (χ2v) is 6.10. The fourth-order valence-corrected chi connectivity index (χ4v) is 2.34. The number of anilines is 2. The summed E-state index contributed by atoms with van der Waals surface area (Å²) in [6.45, 7) is 7.98. The van der Waals surface area contributed by atoms with Gasteiger partial charge in [-0.2, -0.15) is 0 Å². The van der Waals surface area contributed by atoms with E-state index in [1.165, 1.54) is 12.2 Å². The lowest BCUT2D eigenvalue weighted by Gasteiger charge is -2.06. The molecule has 0 fully saturated rings. The van der Waals surface area contributed by atoms with Crippen molar-refractivity contribution < 1.29 is 14.3 Å². The molecule has 2 aromatic carbocycles. The summed E-state index contributed by atoms with van der Waals surface area (Å²) in [4.78, 5) is 22.2. The molecular formula is C24H24N2O3. The molecule has 0 aromatic heterocycles. The Morgan fingerprint density at radius 1 is 0.862 bits per heavy atom. The number of hydrogen-bond donors (Lipinski definition) is 2. The van der Waals surface area contributed by atoms with Crippen LogP contribution in [0.3, 0.4) is 0 Å². The average Bonchev–Trinajstić information content (AvgIpc) is 2.76. The minimum absolute atomic E-state index is 0.242. The highest BCUT2D eigenvalue weighted by atomic mass is 16.5. The van der Waals surface area contributed by atoms with Gasteiger partial charge in [0.1, 0.15) is 0 Å². The van der Waals surface area contributed by atoms with Crippen molar-refractivity contribution in [2.45, 2.75) is 12.8 Å². The number of nitrogens with one attached hydrogen (secondary N) is 2. The standard InChI is InChI=1S/C24H24N2O3/c1-3-23(27)26-22-15-11-20(12-16-22)8-7-19-9-13-21(14-10-19)25-17-5-6-18-29-24(28)4-2/h3-4,9-16,25H,1-2,5-6,17-18H2,(H,26,27). The van der Waals surface area contributed by atoms with Crippen LogP contribution in [0.25, 0.3) is 0 Å². The molecule has 0 aliphatic rings. The second kappa shape index (κ2) is 11.8. The lowest BCUT2D eigenvalue weighted by Crippen LogP contribution is -2.06. The number of carbonyl (C=O) groups is 2. The summed E-state index contributed by atoms with van der Waals surface area (Å²) in [7, 11) is 0. The van der Waals surface area contributed by atoms with Crippen molar-refractivity contribution in [3.05, 3.63) is 85.0 Å². The number of esters is 1. The molecule has 0 saturated carbocycles. The van der Waals surface area contributed by atoms with Crippen LogP contribution >= 0.6 is 0 Å². The third kappa shape index (κ3) is 8.19. The van der Waals surface area contributed by atoms with Crippen molar-refractivity contribution in [3.63, 3.8) is 0 Å². The van der Waals surface area contributed by atoms with E-state index >= 15 is 0 Å². The lowest BCUT2D eigenvalue weighted by atomic mass is 10.1. The molecule has 0 heterocycles. The van der Waals surface area contributed by atoms with E-state index in [2.05, 4.69) is 35.6 Å². The number of unbranched alkanes of at least 4 members (excludes halogenated alkanes) is 1. The predicted molar refractivity (Wildman–Crippen MR) is 117 cm³/mol. The SMILES string of the molecule is C=CC(=O)Nc1ccc(C#Cc2ccc(NCCCCOC(=O)C=C)cc2)cc1. The molecule has 0 unspecified atom stereocenters. The molecule has 0 aliphatic heterocycles. The van der Waals surface area contributed by atoms with Crippen LogP contribution in [0.1, 0.15) is 24.0 Å². The van der Waals surface area contributed by atoms with Crippen LogP contribution in [0.2, 0.25) is 0 Å². The van der Waals surface area contributed by atoms with Crippen LogP contribution in [0.15, 0.2) is 73.8 Å². The largest absolute Gasteiger partial charge is 0.463 e. The van der Waals surface area contributed by atoms with Gasteiger partial charge in [0.25, 0.3) is 0 Å². The van der Waals surface area contributed by atoms with Crippen molar-refractivity contribution in [1.82, 2.24) is 0 Å². The maximum Gasteiger partial charge on any atom is 0.330 e. The molecule has 1 amide bonds. The van der Waals surface area contributed by atoms with Gasteiger partial charge in [-0.1, -0.05) is 25.0 Å². The highest BCUT2D eigenvalue weighted by Crippen LogP contribution is 2.11. The number of carbonyl (C=O) groups excluding carboxylic acids is 2. The van der Waals surface area contributed by atoms with Gasteiger partial charge >= 0.3 is 5.97 Å². The van der Waals surface area contributed by atoms with Gasteiger partial charge in [0.05, 0.1) is 6.61 Å². The molecule has 0 spiro atoms. The first-order valence-corrected chi connectivity index (χ1v) is 9.29. The lowest BCUT2D eigenvalue weighted by molar-refractivity contribution is -0.137. The molecule has 5 heteroatoms. The summed E-state index contributed by atoms with van der Waals surface area (Å²) in [5, 5.41) is 6.02. The summed E-state index contributed by atoms with van der Waals surface area (Å²) in [6.07, 6.45) is 4.09. The van der Waals surface area contributed by atoms with Gasteiger partial charge in [0.2, 0.25) is 5.91 Å². The number of rotatable bonds is 9. The topological polar surface area (TPSA) is 67.4 Å². The summed E-state index contributed by atoms with van der Waals surface area (Å²) in [5.41, 5.74) is 3.49. The van der Waals surface area contributed by atoms with Crippen molar-refractivity contribution in [1.29, 1.82) is 0 Å². The maximum atomic E-state index is 11.3. The van der Waals surface area contributed by atoms with Crippen LogP contribution in [-0.4, -0.2) is 25.0 Å². The van der Waals surface area contributed by atoms with E-state index in [0.29, 0.717) is 12.3 Å². The molecule has 5 nitrogen and oxygen atoms in total. The molecule has 0 saturated heterocycles. The number of benzene rings is 2. The van der Waals surface area contributed by atoms with Crippen LogP contribution in [0.5, 0.6) is 0 Å². The number of amides is 1. The smallest absolute Gasteiger partial charge is 0.330 e. The van der Waals surface area contributed by atoms with E-state index in [1.807, 2.05) is 36.4 Å². The summed E-state index contributed by atoms with van der Waals surface area (Å²) < 4.78 is 4.93. The molecule has 2 rings (SSSR count). The highest BCUT2D eigenvalue weighted by molar-refractivity contribution is 5.98. The Labute approximate surface area is 171 Å². The molecule has 2 aromatic rings. The quantitative estimate of drug-likeness (QED) is 0.293. The molecular weight excluding hydrogens is 364 g/mol. The van der Waals surface area contributed by atoms with E-state index < -0.39 is 0 Å². The van der Waals surface area contributed by atoms with Crippen LogP contribution in [0, 0.1) is 11.8 Å². The summed E-state index contributed by atoms with van der Waals surface area (Å²) >= 11 is 0. The van der Waals surface area contributed by atoms with Crippen molar-refractivity contribution in [3.8, 4) is 11.8 Å². The number of ether oxygens (including phenoxy) is 1. The van der Waals surface area contributed by atoms with Crippen LogP contribution in [-0.2, 0) is 14.3 Å². The second-order valence-electron chi connectivity index (χ2n) is 6.10. The zero-order chi connectivity index (χ0) is 20.9. The van der Waals surface area contributed by atoms with Crippen LogP contribution in [0.4, 0.5) is 11.4 Å². The van der Waals surface area contributed by atoms with Gasteiger partial charge in [0.15, 0.2) is 0 Å². The molecule has 2 N–H and O–H groups in total. The van der Waals surface area contributed by atoms with E-state index in [0.717, 1.165) is 36.2 Å². The van der Waals surface area contributed by atoms with E-state index in [4.69, 9.17) is 4.74 Å². The van der Waals surface area contributed by atoms with E-state index in [1.54, 1.807) is 12.1 Å². The molecule has 0 bridgehead atoms. The molecule has 148 valence electrons. The zero-order valence-corrected chi connectivity index (χ0v) is 16.2. The summed E-state index contributed by atoms with van der Waals surface area (Å²) in [6, 6.07) is 15.2. The Morgan fingerprint density at radius 2 is 1.45 bits per heavy atom. The van der Waals surface area contributed by atoms with Gasteiger partial charge in [-0.05, 0) is 67.4 Å². The third-order valence-corrected chi connectivity index (χ3v) is 3.89. The third-order valence-electron chi connectivity index (χ3n) is 3.89. The van der Waals surface area contributed by atoms with Crippen molar-refractivity contribution in [2.24, 2.45) is 0 Å². The summed E-state index contributed by atoms with van der Waals surface area (Å²) in [5.74, 6) is 5.60. The first-order valence-electron chi connectivity index (χ1n) is 9.29. The number of hydrogen-bond acceptors (Lipinski definition) is 4. The zero-order valence-electron chi connectivity index (χ0n) is 16.2. The van der Waals surface area contributed by atoms with Gasteiger partial charge in [0, 0.05) is 35.1 Å². The molecule has 0 atom stereocenters. The Bertz CT molecular complexity index is 904. The molecule has 0 radical (unpaired) electrons. The minimum atomic E-state index is -0.384. The van der Waals surface area contributed by atoms with Gasteiger partial charge < -0.3 is 15.4 Å². The Hall–Kier alpha value is -3.78. The van der Waals surface area contributed by atoms with Crippen molar-refractivity contribution in [2.75, 3.05) is 23.8 Å². The molecule has 29 heavy (non-hydrogen) atoms. The monoisotopic (exact) mass is 388 g/mol. The van der Waals surface area contributed by atoms with Gasteiger partial charge in [-0.25, -0.2) is 4.79 Å². The Morgan fingerprint density at radius 3 is 2.00 bits per heavy atom. The maximum absolute atomic E-state index is 11.3. The van der Waals surface area contributed by atoms with Gasteiger partial charge in [-0.15, -0.1) is 0 Å². The minimum Gasteiger partial charge on any atom is -0.463 e. The van der Waals surface area contributed by atoms with Crippen molar-refractivity contribution >= 4 is 23.3 Å². The first kappa shape index (κ1) is 21.5. The Kier molecular flexibility index (Phi) is 8.78. The Balaban J connectivity index is 1.78. The van der Waals surface area contributed by atoms with Gasteiger partial charge in [-0.3, -0.25) is 4.79 Å². The normalized spacial score (nSPS) is 9.52. The van der Waals surface area contributed by atoms with E-state index in [-0.39, 0.29) is 11.9 Å². The average molecular weight is 388 g/mol. The molecule has 0 aliphatic carbocycles.